The van der Waals surface area contributed by atoms with Crippen molar-refractivity contribution in [2.75, 3.05) is 5.32 Å². The number of carbonyl (C=O) groups is 1. The van der Waals surface area contributed by atoms with Gasteiger partial charge in [-0.2, -0.15) is 8.75 Å². The topological polar surface area (TPSA) is 101 Å². The number of anilines is 2. The fourth-order valence-electron chi connectivity index (χ4n) is 1.59. The van der Waals surface area contributed by atoms with Gasteiger partial charge >= 0.3 is 5.97 Å². The van der Waals surface area contributed by atoms with E-state index in [-0.39, 0.29) is 5.69 Å². The number of aromatic nitrogens is 4. The second-order valence-corrected chi connectivity index (χ2v) is 4.72. The molecule has 3 aromatic rings. The van der Waals surface area contributed by atoms with Crippen LogP contribution >= 0.6 is 23.3 Å². The van der Waals surface area contributed by atoms with Crippen molar-refractivity contribution < 1.29 is 9.90 Å². The molecule has 7 nitrogen and oxygen atoms in total. The zero-order valence-electron chi connectivity index (χ0n) is 9.74. The Morgan fingerprint density at radius 2 is 2.05 bits per heavy atom. The predicted molar refractivity (Wildman–Crippen MR) is 74.7 cm³/mol. The normalized spacial score (nSPS) is 10.7. The summed E-state index contributed by atoms with van der Waals surface area (Å²) in [6, 6.07) is 6.33. The number of carboxylic acids is 1. The Balaban J connectivity index is 1.98. The van der Waals surface area contributed by atoms with E-state index < -0.39 is 5.97 Å². The van der Waals surface area contributed by atoms with Crippen LogP contribution in [0.2, 0.25) is 5.02 Å². The minimum absolute atomic E-state index is 0.129. The van der Waals surface area contributed by atoms with Crippen molar-refractivity contribution >= 4 is 51.8 Å². The maximum atomic E-state index is 10.7. The minimum atomic E-state index is -1.13. The zero-order valence-corrected chi connectivity index (χ0v) is 11.3. The van der Waals surface area contributed by atoms with Crippen LogP contribution in [-0.4, -0.2) is 30.0 Å². The van der Waals surface area contributed by atoms with Crippen LogP contribution in [0, 0.1) is 0 Å². The molecular weight excluding hydrogens is 302 g/mol. The first-order valence-electron chi connectivity index (χ1n) is 5.40. The number of benzene rings is 1. The van der Waals surface area contributed by atoms with E-state index in [1.54, 1.807) is 12.1 Å². The summed E-state index contributed by atoms with van der Waals surface area (Å²) in [5.41, 5.74) is 1.79. The third-order valence-electron chi connectivity index (χ3n) is 2.51. The van der Waals surface area contributed by atoms with Gasteiger partial charge in [0.15, 0.2) is 11.5 Å². The molecule has 0 bridgehead atoms. The molecule has 0 unspecified atom stereocenters. The molecule has 2 heterocycles. The largest absolute Gasteiger partial charge is 0.476 e. The van der Waals surface area contributed by atoms with Gasteiger partial charge in [0, 0.05) is 0 Å². The van der Waals surface area contributed by atoms with Crippen molar-refractivity contribution in [3.8, 4) is 0 Å². The van der Waals surface area contributed by atoms with Crippen molar-refractivity contribution in [3.63, 3.8) is 0 Å². The molecule has 2 N–H and O–H groups in total. The quantitative estimate of drug-likeness (QED) is 0.766. The van der Waals surface area contributed by atoms with Crippen molar-refractivity contribution in [2.45, 2.75) is 0 Å². The third-order valence-corrected chi connectivity index (χ3v) is 3.37. The lowest BCUT2D eigenvalue weighted by atomic mass is 10.2. The lowest BCUT2D eigenvalue weighted by molar-refractivity contribution is 0.0689. The van der Waals surface area contributed by atoms with E-state index in [1.165, 1.54) is 12.1 Å². The van der Waals surface area contributed by atoms with Gasteiger partial charge in [-0.3, -0.25) is 0 Å². The number of rotatable bonds is 3. The van der Waals surface area contributed by atoms with Gasteiger partial charge in [0.1, 0.15) is 11.0 Å². The van der Waals surface area contributed by atoms with Crippen LogP contribution in [0.15, 0.2) is 24.3 Å². The van der Waals surface area contributed by atoms with Crippen LogP contribution in [0.25, 0.3) is 11.0 Å². The second kappa shape index (κ2) is 4.99. The van der Waals surface area contributed by atoms with Crippen molar-refractivity contribution in [1.29, 1.82) is 0 Å². The summed E-state index contributed by atoms with van der Waals surface area (Å²) in [5, 5.41) is 19.6. The average molecular weight is 308 g/mol. The summed E-state index contributed by atoms with van der Waals surface area (Å²) in [7, 11) is 0. The van der Waals surface area contributed by atoms with E-state index >= 15 is 0 Å². The summed E-state index contributed by atoms with van der Waals surface area (Å²) < 4.78 is 8.28. The lowest BCUT2D eigenvalue weighted by Crippen LogP contribution is -2.04. The van der Waals surface area contributed by atoms with Gasteiger partial charge in [-0.25, -0.2) is 4.79 Å². The molecule has 0 fully saturated rings. The first-order chi connectivity index (χ1) is 9.65. The molecule has 0 aliphatic rings. The second-order valence-electron chi connectivity index (χ2n) is 3.79. The standard InChI is InChI=1S/C11H6ClN5O2S/c12-5-1-2-6-10(17-20-16-6)9(5)13-8-4-3-7(11(18)19)14-15-8/h1-4H,(H,13,15)(H,18,19). The Hall–Kier alpha value is -2.32. The Labute approximate surface area is 121 Å². The number of hydrogen-bond acceptors (Lipinski definition) is 7. The highest BCUT2D eigenvalue weighted by Gasteiger charge is 2.11. The molecule has 0 saturated heterocycles. The number of carboxylic acid groups (broad SMARTS) is 1. The molecular formula is C11H6ClN5O2S. The Morgan fingerprint density at radius 3 is 2.75 bits per heavy atom. The molecule has 0 saturated carbocycles. The highest BCUT2D eigenvalue weighted by molar-refractivity contribution is 7.00. The highest BCUT2D eigenvalue weighted by atomic mass is 35.5. The van der Waals surface area contributed by atoms with Gasteiger partial charge < -0.3 is 10.4 Å². The molecule has 0 radical (unpaired) electrons. The fourth-order valence-corrected chi connectivity index (χ4v) is 2.33. The summed E-state index contributed by atoms with van der Waals surface area (Å²) in [6.45, 7) is 0. The monoisotopic (exact) mass is 307 g/mol. The Kier molecular flexibility index (Phi) is 3.17. The van der Waals surface area contributed by atoms with Gasteiger partial charge in [0.25, 0.3) is 0 Å². The average Bonchev–Trinajstić information content (AvgIpc) is 2.91. The first kappa shape index (κ1) is 12.7. The van der Waals surface area contributed by atoms with Crippen LogP contribution in [0.3, 0.4) is 0 Å². The smallest absolute Gasteiger partial charge is 0.356 e. The van der Waals surface area contributed by atoms with E-state index in [2.05, 4.69) is 24.3 Å². The van der Waals surface area contributed by atoms with Crippen LogP contribution in [0.1, 0.15) is 10.5 Å². The highest BCUT2D eigenvalue weighted by Crippen LogP contribution is 2.31. The number of nitrogens with zero attached hydrogens (tertiary/aromatic N) is 4. The summed E-state index contributed by atoms with van der Waals surface area (Å²) in [6.07, 6.45) is 0. The van der Waals surface area contributed by atoms with Gasteiger partial charge in [-0.1, -0.05) is 11.6 Å². The van der Waals surface area contributed by atoms with Crippen LogP contribution in [0.5, 0.6) is 0 Å². The first-order valence-corrected chi connectivity index (χ1v) is 6.51. The molecule has 3 rings (SSSR count). The molecule has 9 heteroatoms. The van der Waals surface area contributed by atoms with Crippen LogP contribution in [0.4, 0.5) is 11.5 Å². The Bertz CT molecular complexity index is 789. The fraction of sp³-hybridized carbons (Fsp3) is 0. The molecule has 0 amide bonds. The van der Waals surface area contributed by atoms with Crippen molar-refractivity contribution in [2.24, 2.45) is 0 Å². The summed E-state index contributed by atoms with van der Waals surface area (Å²) in [5.74, 6) is -0.759. The molecule has 0 atom stereocenters. The van der Waals surface area contributed by atoms with E-state index in [0.717, 1.165) is 17.2 Å². The molecule has 1 aromatic carbocycles. The number of fused-ring (bicyclic) bond motifs is 1. The summed E-state index contributed by atoms with van der Waals surface area (Å²) in [4.78, 5) is 10.7. The molecule has 20 heavy (non-hydrogen) atoms. The van der Waals surface area contributed by atoms with E-state index in [0.29, 0.717) is 22.0 Å². The number of hydrogen-bond donors (Lipinski definition) is 2. The van der Waals surface area contributed by atoms with E-state index in [9.17, 15) is 4.79 Å². The van der Waals surface area contributed by atoms with Gasteiger partial charge in [-0.15, -0.1) is 10.2 Å². The van der Waals surface area contributed by atoms with Crippen molar-refractivity contribution in [3.05, 3.63) is 35.0 Å². The third kappa shape index (κ3) is 2.26. The summed E-state index contributed by atoms with van der Waals surface area (Å²) >= 11 is 7.20. The van der Waals surface area contributed by atoms with Crippen LogP contribution < -0.4 is 5.32 Å². The van der Waals surface area contributed by atoms with Crippen LogP contribution in [-0.2, 0) is 0 Å². The van der Waals surface area contributed by atoms with E-state index in [4.69, 9.17) is 16.7 Å². The molecule has 100 valence electrons. The number of aromatic carboxylic acids is 1. The van der Waals surface area contributed by atoms with E-state index in [1.807, 2.05) is 0 Å². The van der Waals surface area contributed by atoms with Gasteiger partial charge in [-0.05, 0) is 24.3 Å². The molecule has 0 aliphatic carbocycles. The van der Waals surface area contributed by atoms with Gasteiger partial charge in [0.2, 0.25) is 0 Å². The maximum absolute atomic E-state index is 10.7. The maximum Gasteiger partial charge on any atom is 0.356 e. The number of halogens is 1. The lowest BCUT2D eigenvalue weighted by Gasteiger charge is -2.07. The molecule has 2 aromatic heterocycles. The predicted octanol–water partition coefficient (Wildman–Crippen LogP) is 2.58. The Morgan fingerprint density at radius 1 is 1.20 bits per heavy atom. The minimum Gasteiger partial charge on any atom is -0.476 e. The molecule has 0 aliphatic heterocycles. The zero-order chi connectivity index (χ0) is 14.1. The van der Waals surface area contributed by atoms with Crippen molar-refractivity contribution in [1.82, 2.24) is 18.9 Å². The van der Waals surface area contributed by atoms with Gasteiger partial charge in [0.05, 0.1) is 22.4 Å². The molecule has 0 spiro atoms. The number of nitrogens with one attached hydrogen (secondary N) is 1. The SMILES string of the molecule is O=C(O)c1ccc(Nc2c(Cl)ccc3nsnc23)nn1.